The predicted octanol–water partition coefficient (Wildman–Crippen LogP) is 3.53. The number of thioether (sulfide) groups is 1. The van der Waals surface area contributed by atoms with Crippen LogP contribution in [-0.4, -0.2) is 51.2 Å². The number of aromatic nitrogens is 1. The van der Waals surface area contributed by atoms with Crippen molar-refractivity contribution < 1.29 is 28.2 Å². The van der Waals surface area contributed by atoms with Crippen LogP contribution < -0.4 is 10.4 Å². The Bertz CT molecular complexity index is 1410. The van der Waals surface area contributed by atoms with E-state index in [-0.39, 0.29) is 0 Å². The first-order valence-electron chi connectivity index (χ1n) is 11.1. The van der Waals surface area contributed by atoms with Crippen molar-refractivity contribution in [1.82, 2.24) is 9.58 Å². The quantitative estimate of drug-likeness (QED) is 0.553. The molecule has 7 nitrogen and oxygen atoms in total. The molecule has 2 N–H and O–H groups in total. The average molecular weight is 518 g/mol. The van der Waals surface area contributed by atoms with E-state index in [1.165, 1.54) is 15.9 Å². The number of hydrogen-bond donors (Lipinski definition) is 2. The molecule has 188 valence electrons. The maximum Gasteiger partial charge on any atom is 0.411 e. The number of benzene rings is 2. The Kier molecular flexibility index (Phi) is 6.00. The summed E-state index contributed by atoms with van der Waals surface area (Å²) in [7, 11) is 0. The van der Waals surface area contributed by atoms with Crippen LogP contribution in [0.5, 0.6) is 5.75 Å². The Morgan fingerprint density at radius 2 is 1.81 bits per heavy atom. The van der Waals surface area contributed by atoms with Crippen molar-refractivity contribution in [3.8, 4) is 5.75 Å². The zero-order chi connectivity index (χ0) is 25.8. The van der Waals surface area contributed by atoms with Crippen LogP contribution in [0.2, 0.25) is 0 Å². The number of fused-ring (bicyclic) bond motifs is 3. The van der Waals surface area contributed by atoms with E-state index in [1.54, 1.807) is 11.8 Å². The molecule has 0 fully saturated rings. The third-order valence-corrected chi connectivity index (χ3v) is 7.88. The molecule has 2 aliphatic rings. The van der Waals surface area contributed by atoms with E-state index in [9.17, 15) is 33.0 Å². The Morgan fingerprint density at radius 3 is 2.53 bits per heavy atom. The lowest BCUT2D eigenvalue weighted by molar-refractivity contribution is -0.186. The molecule has 0 unspecified atom stereocenters. The molecule has 0 saturated carbocycles. The lowest BCUT2D eigenvalue weighted by Crippen LogP contribution is -2.62. The number of alkyl halides is 3. The van der Waals surface area contributed by atoms with E-state index in [2.05, 4.69) is 0 Å². The van der Waals surface area contributed by atoms with E-state index in [1.807, 2.05) is 49.4 Å². The molecule has 1 aromatic heterocycles. The average Bonchev–Trinajstić information content (AvgIpc) is 3.00. The molecule has 2 atom stereocenters. The molecule has 36 heavy (non-hydrogen) atoms. The summed E-state index contributed by atoms with van der Waals surface area (Å²) in [5.74, 6) is -1.51. The Morgan fingerprint density at radius 1 is 1.08 bits per heavy atom. The number of aryl methyl sites for hydroxylation is 1. The van der Waals surface area contributed by atoms with Gasteiger partial charge in [0.15, 0.2) is 17.5 Å². The van der Waals surface area contributed by atoms with Crippen molar-refractivity contribution >= 4 is 17.7 Å². The fourth-order valence-corrected chi connectivity index (χ4v) is 6.04. The minimum atomic E-state index is -4.94. The topological polar surface area (TPSA) is 86.0 Å². The molecule has 2 aromatic carbocycles. The maximum absolute atomic E-state index is 13.9. The van der Waals surface area contributed by atoms with Gasteiger partial charge in [0.05, 0.1) is 12.6 Å². The number of amides is 1. The zero-order valence-corrected chi connectivity index (χ0v) is 19.9. The smallest absolute Gasteiger partial charge is 0.411 e. The summed E-state index contributed by atoms with van der Waals surface area (Å²) in [6, 6.07) is 11.1. The van der Waals surface area contributed by atoms with Crippen LogP contribution in [0.4, 0.5) is 13.2 Å². The molecule has 5 rings (SSSR count). The van der Waals surface area contributed by atoms with Gasteiger partial charge >= 0.3 is 6.18 Å². The van der Waals surface area contributed by atoms with Crippen LogP contribution in [0.1, 0.15) is 38.8 Å². The van der Waals surface area contributed by atoms with Crippen LogP contribution >= 0.6 is 11.8 Å². The number of nitrogens with zero attached hydrogens (tertiary/aromatic N) is 3. The van der Waals surface area contributed by atoms with Crippen LogP contribution in [-0.2, 0) is 5.75 Å². The molecule has 1 amide bonds. The van der Waals surface area contributed by atoms with Crippen molar-refractivity contribution in [3.63, 3.8) is 0 Å². The third-order valence-electron chi connectivity index (χ3n) is 6.58. The molecule has 0 saturated heterocycles. The minimum Gasteiger partial charge on any atom is -0.502 e. The molecule has 11 heteroatoms. The Balaban J connectivity index is 1.79. The number of carbonyl (C=O) groups is 1. The largest absolute Gasteiger partial charge is 0.502 e. The fourth-order valence-electron chi connectivity index (χ4n) is 4.84. The molecular formula is C25H22F3N3O4S. The minimum absolute atomic E-state index is 0.463. The number of aliphatic hydroxyl groups is 1. The van der Waals surface area contributed by atoms with Crippen molar-refractivity contribution in [2.75, 3.05) is 18.3 Å². The molecule has 0 aliphatic carbocycles. The van der Waals surface area contributed by atoms with Gasteiger partial charge in [-0.05, 0) is 29.2 Å². The van der Waals surface area contributed by atoms with Gasteiger partial charge in [0, 0.05) is 22.9 Å². The lowest BCUT2D eigenvalue weighted by Gasteiger charge is -2.46. The van der Waals surface area contributed by atoms with Gasteiger partial charge < -0.3 is 15.1 Å². The van der Waals surface area contributed by atoms with Crippen LogP contribution in [0.15, 0.2) is 64.4 Å². The molecule has 0 radical (unpaired) electrons. The second-order valence-electron chi connectivity index (χ2n) is 8.70. The predicted molar refractivity (Wildman–Crippen MR) is 128 cm³/mol. The molecule has 2 aliphatic heterocycles. The summed E-state index contributed by atoms with van der Waals surface area (Å²) in [4.78, 5) is 26.9. The van der Waals surface area contributed by atoms with Gasteiger partial charge in [-0.2, -0.15) is 13.2 Å². The highest BCUT2D eigenvalue weighted by molar-refractivity contribution is 7.98. The van der Waals surface area contributed by atoms with Crippen molar-refractivity contribution in [2.45, 2.75) is 35.8 Å². The van der Waals surface area contributed by atoms with Crippen LogP contribution in [0.3, 0.4) is 0 Å². The number of aliphatic hydroxyl groups excluding tert-OH is 1. The highest BCUT2D eigenvalue weighted by Crippen LogP contribution is 2.44. The Hall–Kier alpha value is -3.44. The summed E-state index contributed by atoms with van der Waals surface area (Å²) < 4.78 is 42.9. The number of halogens is 3. The third kappa shape index (κ3) is 3.82. The van der Waals surface area contributed by atoms with Crippen LogP contribution in [0, 0.1) is 6.92 Å². The van der Waals surface area contributed by atoms with Crippen molar-refractivity contribution in [3.05, 3.63) is 92.9 Å². The van der Waals surface area contributed by atoms with E-state index in [0.29, 0.717) is 10.7 Å². The van der Waals surface area contributed by atoms with E-state index in [0.717, 1.165) is 33.2 Å². The summed E-state index contributed by atoms with van der Waals surface area (Å²) >= 11 is 1.61. The SMILES string of the molecule is Cc1cccc2c1SCc1ccccc1[C@@H]2N1CN([C@H](CO)C(F)(F)F)C(=O)c2c(O)c(=O)ccn21. The number of rotatable bonds is 3. The van der Waals surface area contributed by atoms with Gasteiger partial charge in [0.1, 0.15) is 6.67 Å². The number of hydrogen-bond acceptors (Lipinski definition) is 6. The van der Waals surface area contributed by atoms with Gasteiger partial charge in [0.25, 0.3) is 5.91 Å². The highest BCUT2D eigenvalue weighted by atomic mass is 32.2. The number of carbonyl (C=O) groups excluding carboxylic acids is 1. The van der Waals surface area contributed by atoms with Crippen LogP contribution in [0.25, 0.3) is 0 Å². The van der Waals surface area contributed by atoms with E-state index in [4.69, 9.17) is 0 Å². The second kappa shape index (κ2) is 8.90. The van der Waals surface area contributed by atoms with Gasteiger partial charge in [-0.25, -0.2) is 0 Å². The standard InChI is InChI=1S/C25H22F3N3O4S/c1-14-5-4-8-17-20(16-7-3-2-6-15(16)12-36-23(14)17)31-13-29(19(11-32)25(26,27)28)24(35)21-22(34)18(33)9-10-30(21)31/h2-10,19-20,32,34H,11-13H2,1H3/t19-,20+/m1/s1. The molecule has 0 spiro atoms. The van der Waals surface area contributed by atoms with Crippen molar-refractivity contribution in [1.29, 1.82) is 0 Å². The van der Waals surface area contributed by atoms with Gasteiger partial charge in [-0.3, -0.25) is 19.3 Å². The van der Waals surface area contributed by atoms with Gasteiger partial charge in [0.2, 0.25) is 5.43 Å². The first-order chi connectivity index (χ1) is 17.1. The molecule has 0 bridgehead atoms. The second-order valence-corrected chi connectivity index (χ2v) is 9.69. The van der Waals surface area contributed by atoms with Crippen molar-refractivity contribution in [2.24, 2.45) is 0 Å². The first-order valence-corrected chi connectivity index (χ1v) is 12.1. The normalized spacial score (nSPS) is 18.2. The Labute approximate surface area is 208 Å². The first kappa shape index (κ1) is 24.3. The fraction of sp³-hybridized carbons (Fsp3) is 0.280. The summed E-state index contributed by atoms with van der Waals surface area (Å²) in [5, 5.41) is 21.7. The monoisotopic (exact) mass is 517 g/mol. The molecular weight excluding hydrogens is 495 g/mol. The van der Waals surface area contributed by atoms with Gasteiger partial charge in [-0.15, -0.1) is 11.8 Å². The highest BCUT2D eigenvalue weighted by Gasteiger charge is 2.49. The van der Waals surface area contributed by atoms with E-state index < -0.39 is 54.3 Å². The summed E-state index contributed by atoms with van der Waals surface area (Å²) in [6.07, 6.45) is -3.65. The summed E-state index contributed by atoms with van der Waals surface area (Å²) in [5.41, 5.74) is 2.12. The number of aromatic hydroxyl groups is 1. The van der Waals surface area contributed by atoms with Gasteiger partial charge in [-0.1, -0.05) is 42.5 Å². The molecule has 3 aromatic rings. The number of pyridine rings is 1. The summed E-state index contributed by atoms with van der Waals surface area (Å²) in [6.45, 7) is 0.0383. The maximum atomic E-state index is 13.9. The zero-order valence-electron chi connectivity index (χ0n) is 19.1. The lowest BCUT2D eigenvalue weighted by atomic mass is 9.93. The molecule has 3 heterocycles. The van der Waals surface area contributed by atoms with E-state index >= 15 is 0 Å².